The Labute approximate surface area is 114 Å². The molecule has 1 aromatic carbocycles. The third-order valence-corrected chi connectivity index (χ3v) is 2.41. The summed E-state index contributed by atoms with van der Waals surface area (Å²) in [5.41, 5.74) is -0.789. The zero-order valence-electron chi connectivity index (χ0n) is 10.4. The molecular formula is C13H13F3N2O2. The van der Waals surface area contributed by atoms with E-state index < -0.39 is 23.9 Å². The number of rotatable bonds is 4. The molecule has 3 N–H and O–H groups in total. The molecule has 0 spiro atoms. The molecule has 0 saturated heterocycles. The van der Waals surface area contributed by atoms with Crippen LogP contribution in [0.25, 0.3) is 0 Å². The highest BCUT2D eigenvalue weighted by molar-refractivity contribution is 5.74. The van der Waals surface area contributed by atoms with Gasteiger partial charge >= 0.3 is 12.2 Å². The summed E-state index contributed by atoms with van der Waals surface area (Å²) in [7, 11) is 0. The van der Waals surface area contributed by atoms with Gasteiger partial charge in [-0.25, -0.2) is 4.79 Å². The topological polar surface area (TPSA) is 61.4 Å². The first-order valence-corrected chi connectivity index (χ1v) is 5.65. The van der Waals surface area contributed by atoms with Gasteiger partial charge in [0.15, 0.2) is 0 Å². The van der Waals surface area contributed by atoms with Crippen molar-refractivity contribution in [2.45, 2.75) is 12.3 Å². The van der Waals surface area contributed by atoms with E-state index in [0.717, 1.165) is 12.1 Å². The first-order chi connectivity index (χ1) is 9.34. The van der Waals surface area contributed by atoms with E-state index in [1.807, 2.05) is 0 Å². The van der Waals surface area contributed by atoms with Crippen LogP contribution < -0.4 is 10.6 Å². The second kappa shape index (κ2) is 6.82. The molecule has 2 amide bonds. The molecule has 1 unspecified atom stereocenters. The molecule has 7 heteroatoms. The fraction of sp³-hybridized carbons (Fsp3) is 0.308. The lowest BCUT2D eigenvalue weighted by Crippen LogP contribution is -2.37. The molecule has 108 valence electrons. The summed E-state index contributed by atoms with van der Waals surface area (Å²) in [4.78, 5) is 11.2. The maximum atomic E-state index is 12.5. The summed E-state index contributed by atoms with van der Waals surface area (Å²) in [6, 6.07) is 3.68. The van der Waals surface area contributed by atoms with Crippen LogP contribution in [-0.2, 0) is 6.18 Å². The summed E-state index contributed by atoms with van der Waals surface area (Å²) in [6.45, 7) is -0.205. The highest BCUT2D eigenvalue weighted by Crippen LogP contribution is 2.30. The minimum absolute atomic E-state index is 0.0193. The third-order valence-electron chi connectivity index (χ3n) is 2.41. The maximum Gasteiger partial charge on any atom is 0.416 e. The van der Waals surface area contributed by atoms with Gasteiger partial charge in [0, 0.05) is 6.54 Å². The number of urea groups is 1. The smallest absolute Gasteiger partial charge is 0.387 e. The number of hydrogen-bond acceptors (Lipinski definition) is 2. The number of hydrogen-bond donors (Lipinski definition) is 3. The molecule has 0 fully saturated rings. The molecule has 0 saturated carbocycles. The molecule has 1 atom stereocenters. The fourth-order valence-corrected chi connectivity index (χ4v) is 1.42. The number of halogens is 3. The van der Waals surface area contributed by atoms with Crippen molar-refractivity contribution < 1.29 is 23.1 Å². The fourth-order valence-electron chi connectivity index (χ4n) is 1.42. The van der Waals surface area contributed by atoms with E-state index >= 15 is 0 Å². The zero-order chi connectivity index (χ0) is 15.2. The van der Waals surface area contributed by atoms with Crippen molar-refractivity contribution in [3.05, 3.63) is 35.4 Å². The summed E-state index contributed by atoms with van der Waals surface area (Å²) in [5.74, 6) is 2.18. The summed E-state index contributed by atoms with van der Waals surface area (Å²) >= 11 is 0. The van der Waals surface area contributed by atoms with Crippen LogP contribution in [0.1, 0.15) is 17.2 Å². The molecule has 0 aliphatic rings. The number of carbonyl (C=O) groups excluding carboxylic acids is 1. The van der Waals surface area contributed by atoms with Crippen molar-refractivity contribution in [2.24, 2.45) is 0 Å². The number of benzene rings is 1. The predicted octanol–water partition coefficient (Wildman–Crippen LogP) is 1.67. The lowest BCUT2D eigenvalue weighted by molar-refractivity contribution is -0.137. The molecule has 0 bridgehead atoms. The third kappa shape index (κ3) is 4.82. The summed E-state index contributed by atoms with van der Waals surface area (Å²) in [5, 5.41) is 14.3. The molecular weight excluding hydrogens is 273 g/mol. The molecule has 0 radical (unpaired) electrons. The van der Waals surface area contributed by atoms with Gasteiger partial charge in [0.1, 0.15) is 0 Å². The highest BCUT2D eigenvalue weighted by atomic mass is 19.4. The van der Waals surface area contributed by atoms with Crippen LogP contribution in [0.4, 0.5) is 18.0 Å². The van der Waals surface area contributed by atoms with Crippen LogP contribution in [0.3, 0.4) is 0 Å². The van der Waals surface area contributed by atoms with Crippen molar-refractivity contribution in [1.29, 1.82) is 0 Å². The predicted molar refractivity (Wildman–Crippen MR) is 66.6 cm³/mol. The van der Waals surface area contributed by atoms with Crippen LogP contribution in [0.5, 0.6) is 0 Å². The average Bonchev–Trinajstić information content (AvgIpc) is 2.41. The molecule has 4 nitrogen and oxygen atoms in total. The second-order valence-corrected chi connectivity index (χ2v) is 3.91. The van der Waals surface area contributed by atoms with Gasteiger partial charge in [0.2, 0.25) is 0 Å². The van der Waals surface area contributed by atoms with E-state index in [0.29, 0.717) is 0 Å². The van der Waals surface area contributed by atoms with Crippen LogP contribution in [0.15, 0.2) is 24.3 Å². The van der Waals surface area contributed by atoms with Gasteiger partial charge in [-0.1, -0.05) is 18.1 Å². The highest BCUT2D eigenvalue weighted by Gasteiger charge is 2.30. The van der Waals surface area contributed by atoms with Gasteiger partial charge in [-0.05, 0) is 17.7 Å². The quantitative estimate of drug-likeness (QED) is 0.737. The van der Waals surface area contributed by atoms with Crippen LogP contribution in [0, 0.1) is 12.3 Å². The minimum atomic E-state index is -4.48. The van der Waals surface area contributed by atoms with Crippen molar-refractivity contribution in [3.63, 3.8) is 0 Å². The van der Waals surface area contributed by atoms with Gasteiger partial charge in [-0.3, -0.25) is 0 Å². The molecule has 1 aromatic rings. The van der Waals surface area contributed by atoms with Crippen molar-refractivity contribution in [3.8, 4) is 12.3 Å². The SMILES string of the molecule is C#CCNC(=O)NCC(O)c1cccc(C(F)(F)F)c1. The second-order valence-electron chi connectivity index (χ2n) is 3.91. The monoisotopic (exact) mass is 286 g/mol. The van der Waals surface area contributed by atoms with Crippen LogP contribution in [-0.4, -0.2) is 24.2 Å². The lowest BCUT2D eigenvalue weighted by atomic mass is 10.1. The van der Waals surface area contributed by atoms with Crippen molar-refractivity contribution >= 4 is 6.03 Å². The Morgan fingerprint density at radius 3 is 2.70 bits per heavy atom. The first-order valence-electron chi connectivity index (χ1n) is 5.65. The summed E-state index contributed by atoms with van der Waals surface area (Å²) < 4.78 is 37.5. The number of amides is 2. The Balaban J connectivity index is 2.62. The number of alkyl halides is 3. The minimum Gasteiger partial charge on any atom is -0.387 e. The number of terminal acetylenes is 1. The van der Waals surface area contributed by atoms with Crippen molar-refractivity contribution in [2.75, 3.05) is 13.1 Å². The van der Waals surface area contributed by atoms with E-state index in [4.69, 9.17) is 6.42 Å². The van der Waals surface area contributed by atoms with Gasteiger partial charge in [-0.15, -0.1) is 6.42 Å². The average molecular weight is 286 g/mol. The molecule has 1 rings (SSSR count). The Hall–Kier alpha value is -2.20. The maximum absolute atomic E-state index is 12.5. The number of aliphatic hydroxyl groups excluding tert-OH is 1. The van der Waals surface area contributed by atoms with E-state index in [9.17, 15) is 23.1 Å². The van der Waals surface area contributed by atoms with E-state index in [1.165, 1.54) is 12.1 Å². The Morgan fingerprint density at radius 1 is 1.40 bits per heavy atom. The molecule has 0 aromatic heterocycles. The van der Waals surface area contributed by atoms with Gasteiger partial charge in [-0.2, -0.15) is 13.2 Å². The summed E-state index contributed by atoms with van der Waals surface area (Å²) in [6.07, 6.45) is -0.788. The Bertz CT molecular complexity index is 509. The molecule has 20 heavy (non-hydrogen) atoms. The number of aliphatic hydroxyl groups is 1. The molecule has 0 aliphatic heterocycles. The normalized spacial score (nSPS) is 12.3. The molecule has 0 aliphatic carbocycles. The lowest BCUT2D eigenvalue weighted by Gasteiger charge is -2.14. The van der Waals surface area contributed by atoms with Gasteiger partial charge in [0.25, 0.3) is 0 Å². The standard InChI is InChI=1S/C13H13F3N2O2/c1-2-6-17-12(20)18-8-11(19)9-4-3-5-10(7-9)13(14,15)16/h1,3-5,7,11,19H,6,8H2,(H2,17,18,20). The largest absolute Gasteiger partial charge is 0.416 e. The molecule has 0 heterocycles. The van der Waals surface area contributed by atoms with Crippen molar-refractivity contribution in [1.82, 2.24) is 10.6 Å². The number of nitrogens with one attached hydrogen (secondary N) is 2. The van der Waals surface area contributed by atoms with E-state index in [1.54, 1.807) is 0 Å². The van der Waals surface area contributed by atoms with E-state index in [2.05, 4.69) is 16.6 Å². The zero-order valence-corrected chi connectivity index (χ0v) is 10.4. The first kappa shape index (κ1) is 15.9. The van der Waals surface area contributed by atoms with Crippen LogP contribution in [0.2, 0.25) is 0 Å². The van der Waals surface area contributed by atoms with Gasteiger partial charge < -0.3 is 15.7 Å². The van der Waals surface area contributed by atoms with Gasteiger partial charge in [0.05, 0.1) is 18.2 Å². The Morgan fingerprint density at radius 2 is 2.10 bits per heavy atom. The number of carbonyl (C=O) groups is 1. The van der Waals surface area contributed by atoms with E-state index in [-0.39, 0.29) is 18.7 Å². The van der Waals surface area contributed by atoms with Crippen LogP contribution >= 0.6 is 0 Å². The Kier molecular flexibility index (Phi) is 5.41.